The van der Waals surface area contributed by atoms with Crippen LogP contribution in [-0.2, 0) is 29.9 Å². The SMILES string of the molecule is C[C@H]1Cc2cc(C(=O)CSc3nnc(Cc4cccs4)n3C)ccc2N1S(C)(=O)=O. The largest absolute Gasteiger partial charge is 0.309 e. The molecule has 1 aliphatic heterocycles. The number of thioether (sulfide) groups is 1. The van der Waals surface area contributed by atoms with Crippen LogP contribution in [0.15, 0.2) is 40.9 Å². The molecule has 0 saturated carbocycles. The summed E-state index contributed by atoms with van der Waals surface area (Å²) in [5, 5.41) is 11.2. The monoisotopic (exact) mass is 462 g/mol. The van der Waals surface area contributed by atoms with Gasteiger partial charge in [0.15, 0.2) is 10.9 Å². The lowest BCUT2D eigenvalue weighted by Crippen LogP contribution is -2.34. The van der Waals surface area contributed by atoms with Crippen LogP contribution in [0.5, 0.6) is 0 Å². The second-order valence-electron chi connectivity index (χ2n) is 7.38. The summed E-state index contributed by atoms with van der Waals surface area (Å²) < 4.78 is 27.5. The van der Waals surface area contributed by atoms with Crippen molar-refractivity contribution in [3.05, 3.63) is 57.5 Å². The lowest BCUT2D eigenvalue weighted by molar-refractivity contribution is 0.102. The summed E-state index contributed by atoms with van der Waals surface area (Å²) in [7, 11) is -1.43. The normalized spacial score (nSPS) is 16.1. The number of fused-ring (bicyclic) bond motifs is 1. The van der Waals surface area contributed by atoms with Crippen molar-refractivity contribution in [2.45, 2.75) is 31.0 Å². The summed E-state index contributed by atoms with van der Waals surface area (Å²) in [4.78, 5) is 14.0. The van der Waals surface area contributed by atoms with E-state index in [1.807, 2.05) is 36.1 Å². The van der Waals surface area contributed by atoms with Crippen LogP contribution in [0.2, 0.25) is 0 Å². The minimum Gasteiger partial charge on any atom is -0.309 e. The highest BCUT2D eigenvalue weighted by Gasteiger charge is 2.32. The van der Waals surface area contributed by atoms with Crippen LogP contribution in [0, 0.1) is 0 Å². The molecule has 4 rings (SSSR count). The smallest absolute Gasteiger partial charge is 0.232 e. The Morgan fingerprint density at radius 2 is 2.10 bits per heavy atom. The van der Waals surface area contributed by atoms with Crippen LogP contribution in [0.4, 0.5) is 5.69 Å². The molecule has 0 N–H and O–H groups in total. The van der Waals surface area contributed by atoms with E-state index in [1.165, 1.54) is 27.2 Å². The van der Waals surface area contributed by atoms with E-state index in [-0.39, 0.29) is 17.6 Å². The third kappa shape index (κ3) is 4.17. The second kappa shape index (κ2) is 8.16. The number of sulfonamides is 1. The van der Waals surface area contributed by atoms with Gasteiger partial charge in [-0.3, -0.25) is 9.10 Å². The molecule has 0 spiro atoms. The predicted octanol–water partition coefficient (Wildman–Crippen LogP) is 3.15. The van der Waals surface area contributed by atoms with Gasteiger partial charge in [-0.25, -0.2) is 8.42 Å². The second-order valence-corrected chi connectivity index (χ2v) is 11.2. The number of thiophene rings is 1. The minimum atomic E-state index is -3.34. The predicted molar refractivity (Wildman–Crippen MR) is 120 cm³/mol. The van der Waals surface area contributed by atoms with E-state index in [9.17, 15) is 13.2 Å². The van der Waals surface area contributed by atoms with E-state index in [0.717, 1.165) is 17.8 Å². The summed E-state index contributed by atoms with van der Waals surface area (Å²) in [5.41, 5.74) is 2.14. The standard InChI is InChI=1S/C20H22N4O3S3/c1-13-9-15-10-14(6-7-17(15)24(13)30(3,26)27)18(25)12-29-20-22-21-19(23(20)2)11-16-5-4-8-28-16/h4-8,10,13H,9,11-12H2,1-3H3/t13-/m0/s1. The molecule has 30 heavy (non-hydrogen) atoms. The number of Topliss-reactive ketones (excluding diaryl/α,β-unsaturated/α-hetero) is 1. The number of ketones is 1. The van der Waals surface area contributed by atoms with Crippen molar-refractivity contribution >= 4 is 44.6 Å². The van der Waals surface area contributed by atoms with Crippen LogP contribution >= 0.6 is 23.1 Å². The first-order valence-corrected chi connectivity index (χ1v) is 13.1. The number of rotatable bonds is 7. The first-order chi connectivity index (χ1) is 14.2. The third-order valence-electron chi connectivity index (χ3n) is 5.08. The maximum Gasteiger partial charge on any atom is 0.232 e. The fourth-order valence-corrected chi connectivity index (χ4v) is 6.48. The Hall–Kier alpha value is -2.17. The van der Waals surface area contributed by atoms with Gasteiger partial charge in [-0.05, 0) is 48.6 Å². The Morgan fingerprint density at radius 1 is 1.30 bits per heavy atom. The number of benzene rings is 1. The van der Waals surface area contributed by atoms with Gasteiger partial charge in [0.1, 0.15) is 5.82 Å². The summed E-state index contributed by atoms with van der Waals surface area (Å²) in [5.74, 6) is 1.09. The van der Waals surface area contributed by atoms with E-state index >= 15 is 0 Å². The molecule has 0 saturated heterocycles. The zero-order valence-electron chi connectivity index (χ0n) is 16.9. The van der Waals surface area contributed by atoms with Gasteiger partial charge in [0.05, 0.1) is 17.7 Å². The highest BCUT2D eigenvalue weighted by Crippen LogP contribution is 2.35. The molecule has 3 heterocycles. The molecule has 0 aliphatic carbocycles. The summed E-state index contributed by atoms with van der Waals surface area (Å²) in [6, 6.07) is 9.19. The van der Waals surface area contributed by atoms with Gasteiger partial charge in [0.25, 0.3) is 0 Å². The third-order valence-corrected chi connectivity index (χ3v) is 8.25. The van der Waals surface area contributed by atoms with E-state index < -0.39 is 10.0 Å². The van der Waals surface area contributed by atoms with Gasteiger partial charge >= 0.3 is 0 Å². The van der Waals surface area contributed by atoms with Crippen molar-refractivity contribution in [1.82, 2.24) is 14.8 Å². The fraction of sp³-hybridized carbons (Fsp3) is 0.350. The van der Waals surface area contributed by atoms with Crippen LogP contribution in [0.1, 0.15) is 33.5 Å². The topological polar surface area (TPSA) is 85.2 Å². The highest BCUT2D eigenvalue weighted by atomic mass is 32.2. The van der Waals surface area contributed by atoms with E-state index in [4.69, 9.17) is 0 Å². The van der Waals surface area contributed by atoms with E-state index in [2.05, 4.69) is 16.3 Å². The van der Waals surface area contributed by atoms with E-state index in [0.29, 0.717) is 22.8 Å². The maximum atomic E-state index is 12.7. The average molecular weight is 463 g/mol. The minimum absolute atomic E-state index is 0.0175. The number of anilines is 1. The van der Waals surface area contributed by atoms with Gasteiger partial charge in [-0.1, -0.05) is 17.8 Å². The summed E-state index contributed by atoms with van der Waals surface area (Å²) in [6.45, 7) is 1.88. The van der Waals surface area contributed by atoms with Crippen molar-refractivity contribution in [3.63, 3.8) is 0 Å². The number of aromatic nitrogens is 3. The Bertz CT molecular complexity index is 1190. The Kier molecular flexibility index (Phi) is 5.73. The lowest BCUT2D eigenvalue weighted by Gasteiger charge is -2.21. The van der Waals surface area contributed by atoms with Gasteiger partial charge in [0.2, 0.25) is 10.0 Å². The van der Waals surface area contributed by atoms with Gasteiger partial charge in [-0.15, -0.1) is 21.5 Å². The molecular weight excluding hydrogens is 440 g/mol. The molecule has 3 aromatic rings. The summed E-state index contributed by atoms with van der Waals surface area (Å²) >= 11 is 3.04. The first kappa shape index (κ1) is 21.1. The van der Waals surface area contributed by atoms with Crippen molar-refractivity contribution in [2.75, 3.05) is 16.3 Å². The number of nitrogens with zero attached hydrogens (tertiary/aromatic N) is 4. The number of hydrogen-bond donors (Lipinski definition) is 0. The number of carbonyl (C=O) groups is 1. The van der Waals surface area contributed by atoms with Crippen LogP contribution in [0.3, 0.4) is 0 Å². The molecule has 10 heteroatoms. The molecule has 0 amide bonds. The Labute approximate surface area is 184 Å². The van der Waals surface area contributed by atoms with Crippen LogP contribution in [-0.4, -0.2) is 47.0 Å². The number of hydrogen-bond acceptors (Lipinski definition) is 7. The zero-order valence-corrected chi connectivity index (χ0v) is 19.4. The van der Waals surface area contributed by atoms with E-state index in [1.54, 1.807) is 23.5 Å². The molecule has 0 fully saturated rings. The molecule has 1 aliphatic rings. The average Bonchev–Trinajstić information content (AvgIpc) is 3.39. The molecule has 0 radical (unpaired) electrons. The fourth-order valence-electron chi connectivity index (χ4n) is 3.69. The molecule has 1 aromatic carbocycles. The Morgan fingerprint density at radius 3 is 2.80 bits per heavy atom. The van der Waals surface area contributed by atoms with Crippen molar-refractivity contribution in [2.24, 2.45) is 7.05 Å². The quantitative estimate of drug-likeness (QED) is 0.396. The highest BCUT2D eigenvalue weighted by molar-refractivity contribution is 7.99. The van der Waals surface area contributed by atoms with Crippen LogP contribution in [0.25, 0.3) is 0 Å². The molecule has 0 unspecified atom stereocenters. The van der Waals surface area contributed by atoms with Gasteiger partial charge in [0, 0.05) is 30.0 Å². The molecular formula is C20H22N4O3S3. The van der Waals surface area contributed by atoms with Crippen molar-refractivity contribution in [1.29, 1.82) is 0 Å². The molecule has 0 bridgehead atoms. The van der Waals surface area contributed by atoms with Crippen molar-refractivity contribution in [3.8, 4) is 0 Å². The Balaban J connectivity index is 1.44. The molecule has 158 valence electrons. The number of carbonyl (C=O) groups excluding carboxylic acids is 1. The lowest BCUT2D eigenvalue weighted by atomic mass is 10.0. The zero-order chi connectivity index (χ0) is 21.5. The van der Waals surface area contributed by atoms with Gasteiger partial charge < -0.3 is 4.57 Å². The molecule has 2 aromatic heterocycles. The van der Waals surface area contributed by atoms with Gasteiger partial charge in [-0.2, -0.15) is 0 Å². The molecule has 7 nitrogen and oxygen atoms in total. The van der Waals surface area contributed by atoms with Crippen LogP contribution < -0.4 is 4.31 Å². The maximum absolute atomic E-state index is 12.7. The first-order valence-electron chi connectivity index (χ1n) is 9.43. The molecule has 1 atom stereocenters. The van der Waals surface area contributed by atoms with Crippen molar-refractivity contribution < 1.29 is 13.2 Å². The summed E-state index contributed by atoms with van der Waals surface area (Å²) in [6.07, 6.45) is 2.53.